The monoisotopic (exact) mass is 170 g/mol. The van der Waals surface area contributed by atoms with Gasteiger partial charge in [-0.15, -0.1) is 4.91 Å². The minimum absolute atomic E-state index is 0.108. The van der Waals surface area contributed by atoms with Crippen LogP contribution in [0.25, 0.3) is 0 Å². The second kappa shape index (κ2) is 3.08. The van der Waals surface area contributed by atoms with Crippen molar-refractivity contribution >= 4 is 0 Å². The second-order valence-corrected chi connectivity index (χ2v) is 2.62. The maximum atomic E-state index is 10.3. The van der Waals surface area contributed by atoms with E-state index in [9.17, 15) is 4.91 Å². The molecular formula is C6H10N4O2. The summed E-state index contributed by atoms with van der Waals surface area (Å²) in [6.45, 7) is 1.45. The number of nitroso groups, excluding NO2 is 1. The highest BCUT2D eigenvalue weighted by molar-refractivity contribution is 5.25. The van der Waals surface area contributed by atoms with Gasteiger partial charge in [0.1, 0.15) is 0 Å². The van der Waals surface area contributed by atoms with E-state index in [1.54, 1.807) is 6.92 Å². The molecule has 0 aromatic carbocycles. The molecule has 1 atom stereocenters. The van der Waals surface area contributed by atoms with Crippen LogP contribution in [0, 0.1) is 4.91 Å². The third-order valence-corrected chi connectivity index (χ3v) is 1.72. The molecule has 0 aromatic heterocycles. The Kier molecular flexibility index (Phi) is 2.30. The van der Waals surface area contributed by atoms with Gasteiger partial charge in [-0.3, -0.25) is 0 Å². The molecule has 0 aromatic rings. The summed E-state index contributed by atoms with van der Waals surface area (Å²) in [5.41, 5.74) is 4.96. The quantitative estimate of drug-likeness (QED) is 0.602. The van der Waals surface area contributed by atoms with Crippen molar-refractivity contribution in [2.75, 3.05) is 6.61 Å². The molecule has 1 unspecified atom stereocenters. The summed E-state index contributed by atoms with van der Waals surface area (Å²) in [4.78, 5) is 10.3. The normalized spacial score (nSPS) is 28.2. The van der Waals surface area contributed by atoms with Gasteiger partial charge >= 0.3 is 0 Å². The predicted octanol–water partition coefficient (Wildman–Crippen LogP) is 0.487. The molecule has 12 heavy (non-hydrogen) atoms. The number of nitrogens with two attached hydrogens (primary N) is 1. The van der Waals surface area contributed by atoms with Gasteiger partial charge in [0.2, 0.25) is 0 Å². The van der Waals surface area contributed by atoms with Crippen molar-refractivity contribution in [1.29, 1.82) is 0 Å². The highest BCUT2D eigenvalue weighted by atomic mass is 16.3. The summed E-state index contributed by atoms with van der Waals surface area (Å²) in [6, 6.07) is 0. The lowest BCUT2D eigenvalue weighted by Gasteiger charge is -2.16. The Labute approximate surface area is 69.1 Å². The molecule has 1 heterocycles. The molecule has 0 spiro atoms. The van der Waals surface area contributed by atoms with Crippen LogP contribution in [0.3, 0.4) is 0 Å². The third kappa shape index (κ3) is 1.26. The Bertz CT molecular complexity index is 260. The number of aliphatic hydroxyl groups excluding tert-OH is 1. The van der Waals surface area contributed by atoms with Crippen LogP contribution >= 0.6 is 0 Å². The molecule has 1 rings (SSSR count). The molecule has 0 saturated carbocycles. The average molecular weight is 170 g/mol. The van der Waals surface area contributed by atoms with Crippen molar-refractivity contribution in [3.05, 3.63) is 16.3 Å². The maximum Gasteiger partial charge on any atom is 0.179 e. The minimum Gasteiger partial charge on any atom is -0.396 e. The Balaban J connectivity index is 2.94. The molecule has 6 heteroatoms. The highest BCUT2D eigenvalue weighted by Crippen LogP contribution is 2.30. The fraction of sp³-hybridized carbons (Fsp3) is 0.667. The molecular weight excluding hydrogens is 160 g/mol. The molecule has 1 aliphatic rings. The largest absolute Gasteiger partial charge is 0.396 e. The molecule has 0 radical (unpaired) electrons. The molecule has 0 bridgehead atoms. The molecule has 6 nitrogen and oxygen atoms in total. The second-order valence-electron chi connectivity index (χ2n) is 2.62. The zero-order valence-electron chi connectivity index (χ0n) is 6.69. The van der Waals surface area contributed by atoms with Gasteiger partial charge in [-0.05, 0) is 12.1 Å². The van der Waals surface area contributed by atoms with Gasteiger partial charge in [0.05, 0.1) is 5.70 Å². The van der Waals surface area contributed by atoms with E-state index in [4.69, 9.17) is 10.8 Å². The van der Waals surface area contributed by atoms with Crippen molar-refractivity contribution in [3.63, 3.8) is 0 Å². The van der Waals surface area contributed by atoms with Crippen molar-refractivity contribution in [3.8, 4) is 0 Å². The van der Waals surface area contributed by atoms with Crippen molar-refractivity contribution < 1.29 is 5.11 Å². The lowest BCUT2D eigenvalue weighted by atomic mass is 10.0. The van der Waals surface area contributed by atoms with Gasteiger partial charge < -0.3 is 10.8 Å². The first kappa shape index (κ1) is 8.95. The molecule has 0 fully saturated rings. The van der Waals surface area contributed by atoms with E-state index in [0.29, 0.717) is 5.70 Å². The summed E-state index contributed by atoms with van der Waals surface area (Å²) in [5, 5.41) is 18.7. The fourth-order valence-corrected chi connectivity index (χ4v) is 1.06. The molecule has 3 N–H and O–H groups in total. The zero-order valence-corrected chi connectivity index (χ0v) is 6.69. The van der Waals surface area contributed by atoms with E-state index in [1.165, 1.54) is 0 Å². The number of hydrogen-bond donors (Lipinski definition) is 2. The van der Waals surface area contributed by atoms with E-state index < -0.39 is 5.66 Å². The molecule has 1 aliphatic heterocycles. The summed E-state index contributed by atoms with van der Waals surface area (Å²) >= 11 is 0. The van der Waals surface area contributed by atoms with E-state index >= 15 is 0 Å². The van der Waals surface area contributed by atoms with Crippen molar-refractivity contribution in [2.45, 2.75) is 19.0 Å². The van der Waals surface area contributed by atoms with Crippen LogP contribution in [0.5, 0.6) is 0 Å². The molecule has 0 aliphatic carbocycles. The molecule has 0 amide bonds. The first-order valence-corrected chi connectivity index (χ1v) is 3.51. The number of allylic oxidation sites excluding steroid dienone is 1. The van der Waals surface area contributed by atoms with Crippen LogP contribution < -0.4 is 5.73 Å². The van der Waals surface area contributed by atoms with Gasteiger partial charge in [-0.1, -0.05) is 0 Å². The SMILES string of the molecule is CC1=C(N=O)C(N)(CCO)N=N1. The summed E-state index contributed by atoms with van der Waals surface area (Å²) in [6.07, 6.45) is 0.162. The predicted molar refractivity (Wildman–Crippen MR) is 42.0 cm³/mol. The number of hydrogen-bond acceptors (Lipinski definition) is 6. The average Bonchev–Trinajstić information content (AvgIpc) is 2.28. The van der Waals surface area contributed by atoms with Gasteiger partial charge in [-0.2, -0.15) is 10.2 Å². The lowest BCUT2D eigenvalue weighted by molar-refractivity contribution is 0.254. The number of aliphatic hydroxyl groups is 1. The van der Waals surface area contributed by atoms with Gasteiger partial charge in [-0.25, -0.2) is 0 Å². The smallest absolute Gasteiger partial charge is 0.179 e. The van der Waals surface area contributed by atoms with E-state index in [1.807, 2.05) is 0 Å². The van der Waals surface area contributed by atoms with Gasteiger partial charge in [0.25, 0.3) is 0 Å². The Hall–Kier alpha value is -1.14. The van der Waals surface area contributed by atoms with Crippen LogP contribution in [0.15, 0.2) is 26.8 Å². The van der Waals surface area contributed by atoms with Gasteiger partial charge in [0, 0.05) is 13.0 Å². The fourth-order valence-electron chi connectivity index (χ4n) is 1.06. The maximum absolute atomic E-state index is 10.3. The Morgan fingerprint density at radius 3 is 2.92 bits per heavy atom. The van der Waals surface area contributed by atoms with Gasteiger partial charge in [0.15, 0.2) is 11.4 Å². The molecule has 66 valence electrons. The van der Waals surface area contributed by atoms with Crippen molar-refractivity contribution in [2.24, 2.45) is 21.1 Å². The van der Waals surface area contributed by atoms with Crippen molar-refractivity contribution in [1.82, 2.24) is 0 Å². The summed E-state index contributed by atoms with van der Waals surface area (Å²) in [5.74, 6) is 0. The van der Waals surface area contributed by atoms with E-state index in [-0.39, 0.29) is 18.7 Å². The highest BCUT2D eigenvalue weighted by Gasteiger charge is 2.36. The van der Waals surface area contributed by atoms with Crippen LogP contribution in [0.4, 0.5) is 0 Å². The topological polar surface area (TPSA) is 100 Å². The zero-order chi connectivity index (χ0) is 9.19. The minimum atomic E-state index is -1.21. The Morgan fingerprint density at radius 1 is 1.75 bits per heavy atom. The van der Waals surface area contributed by atoms with Crippen LogP contribution in [0.1, 0.15) is 13.3 Å². The number of azo groups is 1. The van der Waals surface area contributed by atoms with Crippen LogP contribution in [-0.4, -0.2) is 17.4 Å². The Morgan fingerprint density at radius 2 is 2.42 bits per heavy atom. The summed E-state index contributed by atoms with van der Waals surface area (Å²) < 4.78 is 0. The third-order valence-electron chi connectivity index (χ3n) is 1.72. The first-order chi connectivity index (χ1) is 5.64. The standard InChI is InChI=1S/C6H10N4O2/c1-4-5(9-12)6(7,2-3-11)10-8-4/h11H,2-3,7H2,1H3. The number of rotatable bonds is 3. The van der Waals surface area contributed by atoms with Crippen LogP contribution in [0.2, 0.25) is 0 Å². The summed E-state index contributed by atoms with van der Waals surface area (Å²) in [7, 11) is 0. The van der Waals surface area contributed by atoms with E-state index in [2.05, 4.69) is 15.4 Å². The first-order valence-electron chi connectivity index (χ1n) is 3.51. The number of nitrogens with zero attached hydrogens (tertiary/aromatic N) is 3. The van der Waals surface area contributed by atoms with E-state index in [0.717, 1.165) is 0 Å². The molecule has 0 saturated heterocycles. The van der Waals surface area contributed by atoms with Crippen LogP contribution in [-0.2, 0) is 0 Å². The lowest BCUT2D eigenvalue weighted by Crippen LogP contribution is -2.38.